The van der Waals surface area contributed by atoms with Crippen LogP contribution in [0.15, 0.2) is 42.5 Å². The number of alkyl halides is 3. The van der Waals surface area contributed by atoms with E-state index < -0.39 is 10.9 Å². The van der Waals surface area contributed by atoms with E-state index in [-0.39, 0.29) is 5.41 Å². The van der Waals surface area contributed by atoms with Crippen LogP contribution in [0.4, 0.5) is 14.5 Å². The third-order valence-corrected chi connectivity index (χ3v) is 5.35. The SMILES string of the molecule is CC(F)(F)C1(Cl)C=CC=C(N2CC3(CC3)c3cnccc32)N1. The summed E-state index contributed by atoms with van der Waals surface area (Å²) in [5.41, 5.74) is 2.37. The lowest BCUT2D eigenvalue weighted by atomic mass is 10.0. The second-order valence-corrected chi connectivity index (χ2v) is 6.99. The van der Waals surface area contributed by atoms with Gasteiger partial charge in [0.2, 0.25) is 0 Å². The lowest BCUT2D eigenvalue weighted by Crippen LogP contribution is -2.54. The van der Waals surface area contributed by atoms with Crippen molar-refractivity contribution >= 4 is 17.3 Å². The number of pyridine rings is 1. The summed E-state index contributed by atoms with van der Waals surface area (Å²) in [6, 6.07) is 1.93. The zero-order valence-corrected chi connectivity index (χ0v) is 12.9. The fraction of sp³-hybridized carbons (Fsp3) is 0.438. The summed E-state index contributed by atoms with van der Waals surface area (Å²) in [6.45, 7) is 1.60. The van der Waals surface area contributed by atoms with Crippen molar-refractivity contribution in [1.29, 1.82) is 0 Å². The standard InChI is InChI=1S/C16H16ClF2N3/c1-14(18,19)16(17)5-2-3-13(21-16)22-10-15(6-7-15)11-9-20-8-4-12(11)22/h2-5,8-9,21H,6-7,10H2,1H3. The molecule has 1 N–H and O–H groups in total. The molecule has 22 heavy (non-hydrogen) atoms. The predicted octanol–water partition coefficient (Wildman–Crippen LogP) is 3.52. The maximum absolute atomic E-state index is 13.8. The molecule has 0 saturated heterocycles. The Balaban J connectivity index is 1.70. The number of hydrogen-bond donors (Lipinski definition) is 1. The first-order valence-corrected chi connectivity index (χ1v) is 7.69. The van der Waals surface area contributed by atoms with Gasteiger partial charge in [-0.15, -0.1) is 0 Å². The van der Waals surface area contributed by atoms with Gasteiger partial charge in [-0.2, -0.15) is 0 Å². The zero-order valence-electron chi connectivity index (χ0n) is 12.1. The van der Waals surface area contributed by atoms with Gasteiger partial charge >= 0.3 is 0 Å². The van der Waals surface area contributed by atoms with Crippen molar-refractivity contribution in [3.63, 3.8) is 0 Å². The molecule has 3 nitrogen and oxygen atoms in total. The van der Waals surface area contributed by atoms with Crippen LogP contribution >= 0.6 is 11.6 Å². The number of allylic oxidation sites excluding steroid dienone is 2. The van der Waals surface area contributed by atoms with Crippen molar-refractivity contribution < 1.29 is 8.78 Å². The smallest absolute Gasteiger partial charge is 0.285 e. The second-order valence-electron chi connectivity index (χ2n) is 6.40. The van der Waals surface area contributed by atoms with Gasteiger partial charge in [0.25, 0.3) is 5.92 Å². The maximum Gasteiger partial charge on any atom is 0.285 e. The van der Waals surface area contributed by atoms with Crippen LogP contribution in [0, 0.1) is 0 Å². The van der Waals surface area contributed by atoms with Crippen molar-refractivity contribution in [2.24, 2.45) is 0 Å². The molecule has 116 valence electrons. The van der Waals surface area contributed by atoms with Gasteiger partial charge in [-0.1, -0.05) is 17.7 Å². The van der Waals surface area contributed by atoms with Gasteiger partial charge in [-0.25, -0.2) is 8.78 Å². The van der Waals surface area contributed by atoms with Crippen molar-refractivity contribution in [3.05, 3.63) is 48.1 Å². The average Bonchev–Trinajstić information content (AvgIpc) is 3.16. The van der Waals surface area contributed by atoms with E-state index in [1.165, 1.54) is 11.6 Å². The molecule has 3 aliphatic rings. The minimum absolute atomic E-state index is 0.136. The van der Waals surface area contributed by atoms with Crippen molar-refractivity contribution in [3.8, 4) is 0 Å². The van der Waals surface area contributed by atoms with Gasteiger partial charge in [0.05, 0.1) is 0 Å². The predicted molar refractivity (Wildman–Crippen MR) is 82.1 cm³/mol. The molecule has 1 aliphatic carbocycles. The molecule has 1 aromatic rings. The molecule has 1 spiro atoms. The Morgan fingerprint density at radius 3 is 2.86 bits per heavy atom. The van der Waals surface area contributed by atoms with Crippen LogP contribution in [-0.2, 0) is 5.41 Å². The molecule has 1 atom stereocenters. The normalized spacial score (nSPS) is 28.4. The topological polar surface area (TPSA) is 28.2 Å². The second kappa shape index (κ2) is 4.22. The summed E-state index contributed by atoms with van der Waals surface area (Å²) in [7, 11) is 0. The third-order valence-electron chi connectivity index (χ3n) is 4.79. The Labute approximate surface area is 132 Å². The Hall–Kier alpha value is -1.62. The van der Waals surface area contributed by atoms with Crippen LogP contribution in [-0.4, -0.2) is 22.4 Å². The molecule has 1 saturated carbocycles. The summed E-state index contributed by atoms with van der Waals surface area (Å²) in [5, 5.41) is 2.81. The first-order chi connectivity index (χ1) is 10.3. The summed E-state index contributed by atoms with van der Waals surface area (Å²) >= 11 is 6.11. The van der Waals surface area contributed by atoms with Crippen LogP contribution in [0.3, 0.4) is 0 Å². The van der Waals surface area contributed by atoms with E-state index in [1.54, 1.807) is 18.3 Å². The monoisotopic (exact) mass is 323 g/mol. The number of rotatable bonds is 2. The minimum atomic E-state index is -3.08. The Morgan fingerprint density at radius 1 is 1.41 bits per heavy atom. The molecule has 6 heteroatoms. The number of hydrogen-bond acceptors (Lipinski definition) is 3. The molecule has 0 amide bonds. The molecule has 1 fully saturated rings. The molecule has 2 aliphatic heterocycles. The highest BCUT2D eigenvalue weighted by Gasteiger charge is 2.54. The molecule has 3 heterocycles. The summed E-state index contributed by atoms with van der Waals surface area (Å²) in [5.74, 6) is -2.47. The molecule has 0 radical (unpaired) electrons. The molecular weight excluding hydrogens is 308 g/mol. The quantitative estimate of drug-likeness (QED) is 0.666. The van der Waals surface area contributed by atoms with Gasteiger partial charge in [-0.3, -0.25) is 4.98 Å². The zero-order chi connectivity index (χ0) is 15.6. The van der Waals surface area contributed by atoms with E-state index in [2.05, 4.69) is 10.3 Å². The number of anilines is 1. The highest BCUT2D eigenvalue weighted by molar-refractivity contribution is 6.26. The van der Waals surface area contributed by atoms with Gasteiger partial charge < -0.3 is 10.2 Å². The lowest BCUT2D eigenvalue weighted by molar-refractivity contribution is -0.0165. The number of nitrogens with one attached hydrogen (secondary N) is 1. The molecule has 0 aromatic carbocycles. The third kappa shape index (κ3) is 1.88. The molecule has 4 rings (SSSR count). The van der Waals surface area contributed by atoms with Crippen LogP contribution in [0.1, 0.15) is 25.3 Å². The number of dihydropyridines is 1. The Kier molecular flexibility index (Phi) is 2.69. The first-order valence-electron chi connectivity index (χ1n) is 7.31. The van der Waals surface area contributed by atoms with E-state index in [1.807, 2.05) is 17.2 Å². The van der Waals surface area contributed by atoms with Crippen LogP contribution in [0.5, 0.6) is 0 Å². The first kappa shape index (κ1) is 14.0. The largest absolute Gasteiger partial charge is 0.345 e. The highest BCUT2D eigenvalue weighted by Crippen LogP contribution is 2.57. The van der Waals surface area contributed by atoms with Crippen LogP contribution in [0.25, 0.3) is 0 Å². The van der Waals surface area contributed by atoms with Gasteiger partial charge in [0, 0.05) is 42.5 Å². The van der Waals surface area contributed by atoms with E-state index in [9.17, 15) is 8.78 Å². The maximum atomic E-state index is 13.8. The van der Waals surface area contributed by atoms with E-state index >= 15 is 0 Å². The molecule has 1 unspecified atom stereocenters. The molecule has 1 aromatic heterocycles. The molecular formula is C16H16ClF2N3. The fourth-order valence-corrected chi connectivity index (χ4v) is 3.42. The van der Waals surface area contributed by atoms with Crippen molar-refractivity contribution in [2.75, 3.05) is 11.4 Å². The minimum Gasteiger partial charge on any atom is -0.345 e. The Morgan fingerprint density at radius 2 is 2.18 bits per heavy atom. The Bertz CT molecular complexity index is 691. The van der Waals surface area contributed by atoms with Gasteiger partial charge in [0.1, 0.15) is 5.82 Å². The van der Waals surface area contributed by atoms with Crippen molar-refractivity contribution in [1.82, 2.24) is 10.3 Å². The van der Waals surface area contributed by atoms with E-state index in [0.29, 0.717) is 5.82 Å². The lowest BCUT2D eigenvalue weighted by Gasteiger charge is -2.37. The van der Waals surface area contributed by atoms with Crippen LogP contribution < -0.4 is 10.2 Å². The average molecular weight is 324 g/mol. The summed E-state index contributed by atoms with van der Waals surface area (Å²) in [4.78, 5) is 4.35. The number of fused-ring (bicyclic) bond motifs is 2. The fourth-order valence-electron chi connectivity index (χ4n) is 3.25. The van der Waals surface area contributed by atoms with E-state index in [0.717, 1.165) is 32.0 Å². The van der Waals surface area contributed by atoms with Gasteiger partial charge in [-0.05, 0) is 31.1 Å². The highest BCUT2D eigenvalue weighted by atomic mass is 35.5. The van der Waals surface area contributed by atoms with Crippen molar-refractivity contribution in [2.45, 2.75) is 36.1 Å². The van der Waals surface area contributed by atoms with Gasteiger partial charge in [0.15, 0.2) is 5.00 Å². The number of aromatic nitrogens is 1. The molecule has 0 bridgehead atoms. The van der Waals surface area contributed by atoms with E-state index in [4.69, 9.17) is 11.6 Å². The van der Waals surface area contributed by atoms with Crippen LogP contribution in [0.2, 0.25) is 0 Å². The summed E-state index contributed by atoms with van der Waals surface area (Å²) < 4.78 is 27.6. The number of nitrogens with zero attached hydrogens (tertiary/aromatic N) is 2. The summed E-state index contributed by atoms with van der Waals surface area (Å²) in [6.07, 6.45) is 10.5. The number of halogens is 3.